The fraction of sp³-hybridized carbons (Fsp3) is 0.545. The van der Waals surface area contributed by atoms with Crippen molar-refractivity contribution in [3.63, 3.8) is 0 Å². The van der Waals surface area contributed by atoms with Crippen molar-refractivity contribution in [3.05, 3.63) is 17.0 Å². The summed E-state index contributed by atoms with van der Waals surface area (Å²) < 4.78 is 26.4. The highest BCUT2D eigenvalue weighted by atomic mass is 32.2. The molecule has 1 heterocycles. The maximum atomic E-state index is 12.0. The molecule has 1 saturated carbocycles. The molecule has 0 amide bonds. The van der Waals surface area contributed by atoms with E-state index in [4.69, 9.17) is 5.11 Å². The Balaban J connectivity index is 1.99. The monoisotopic (exact) mass is 305 g/mol. The van der Waals surface area contributed by atoms with Crippen LogP contribution < -0.4 is 4.72 Å². The second-order valence-corrected chi connectivity index (χ2v) is 7.69. The topological polar surface area (TPSA) is 104 Å². The lowest BCUT2D eigenvalue weighted by Gasteiger charge is -2.10. The Kier molecular flexibility index (Phi) is 4.24. The molecule has 1 aliphatic rings. The molecule has 0 bridgehead atoms. The predicted molar refractivity (Wildman–Crippen MR) is 69.8 cm³/mol. The predicted octanol–water partition coefficient (Wildman–Crippen LogP) is 0.886. The second kappa shape index (κ2) is 5.58. The number of aliphatic hydroxyl groups is 1. The van der Waals surface area contributed by atoms with Crippen LogP contribution in [0.5, 0.6) is 0 Å². The minimum Gasteiger partial charge on any atom is -0.477 e. The van der Waals surface area contributed by atoms with Gasteiger partial charge in [-0.2, -0.15) is 0 Å². The Morgan fingerprint density at radius 2 is 2.16 bits per heavy atom. The summed E-state index contributed by atoms with van der Waals surface area (Å²) in [5.41, 5.74) is 0. The normalized spacial score (nSPS) is 23.6. The van der Waals surface area contributed by atoms with Gasteiger partial charge in [0.15, 0.2) is 0 Å². The summed E-state index contributed by atoms with van der Waals surface area (Å²) in [7, 11) is -3.65. The summed E-state index contributed by atoms with van der Waals surface area (Å²) >= 11 is 0.732. The van der Waals surface area contributed by atoms with E-state index in [1.54, 1.807) is 0 Å². The van der Waals surface area contributed by atoms with Gasteiger partial charge < -0.3 is 10.2 Å². The lowest BCUT2D eigenvalue weighted by Crippen LogP contribution is -2.28. The van der Waals surface area contributed by atoms with Crippen LogP contribution in [0, 0.1) is 5.92 Å². The molecular weight excluding hydrogens is 290 g/mol. The van der Waals surface area contributed by atoms with E-state index in [2.05, 4.69) is 4.72 Å². The molecule has 2 rings (SSSR count). The van der Waals surface area contributed by atoms with Gasteiger partial charge in [0.2, 0.25) is 10.0 Å². The standard InChI is InChI=1S/C11H15NO5S2/c13-8-2-1-7(5-8)6-12-19(16,17)10-4-3-9(18-10)11(14)15/h3-4,7-8,12-13H,1-2,5-6H2,(H,14,15). The number of thiophene rings is 1. The summed E-state index contributed by atoms with van der Waals surface area (Å²) in [6.45, 7) is 0.277. The number of nitrogens with one attached hydrogen (secondary N) is 1. The molecule has 0 aliphatic heterocycles. The fourth-order valence-electron chi connectivity index (χ4n) is 2.11. The minimum absolute atomic E-state index is 0.00309. The first-order valence-electron chi connectivity index (χ1n) is 5.89. The van der Waals surface area contributed by atoms with Gasteiger partial charge in [-0.15, -0.1) is 11.3 Å². The minimum atomic E-state index is -3.65. The van der Waals surface area contributed by atoms with Crippen LogP contribution in [0.15, 0.2) is 16.3 Å². The first kappa shape index (κ1) is 14.4. The van der Waals surface area contributed by atoms with Crippen LogP contribution in [0.3, 0.4) is 0 Å². The van der Waals surface area contributed by atoms with Crippen molar-refractivity contribution in [1.82, 2.24) is 4.72 Å². The van der Waals surface area contributed by atoms with Crippen LogP contribution in [0.25, 0.3) is 0 Å². The maximum Gasteiger partial charge on any atom is 0.345 e. The van der Waals surface area contributed by atoms with E-state index in [1.807, 2.05) is 0 Å². The number of sulfonamides is 1. The summed E-state index contributed by atoms with van der Waals surface area (Å²) in [5.74, 6) is -0.992. The van der Waals surface area contributed by atoms with E-state index < -0.39 is 16.0 Å². The molecular formula is C11H15NO5S2. The SMILES string of the molecule is O=C(O)c1ccc(S(=O)(=O)NCC2CCC(O)C2)s1. The molecule has 0 spiro atoms. The lowest BCUT2D eigenvalue weighted by molar-refractivity contribution is 0.0702. The van der Waals surface area contributed by atoms with Crippen molar-refractivity contribution in [2.45, 2.75) is 29.6 Å². The summed E-state index contributed by atoms with van der Waals surface area (Å²) in [6, 6.07) is 2.57. The molecule has 0 aromatic carbocycles. The molecule has 2 atom stereocenters. The molecule has 1 fully saturated rings. The van der Waals surface area contributed by atoms with Crippen molar-refractivity contribution in [2.75, 3.05) is 6.54 Å². The van der Waals surface area contributed by atoms with Crippen molar-refractivity contribution in [3.8, 4) is 0 Å². The van der Waals surface area contributed by atoms with Crippen LogP contribution in [-0.2, 0) is 10.0 Å². The fourth-order valence-corrected chi connectivity index (χ4v) is 4.42. The van der Waals surface area contributed by atoms with E-state index in [0.29, 0.717) is 12.8 Å². The van der Waals surface area contributed by atoms with Gasteiger partial charge >= 0.3 is 5.97 Å². The van der Waals surface area contributed by atoms with Crippen LogP contribution in [0.1, 0.15) is 28.9 Å². The average molecular weight is 305 g/mol. The smallest absolute Gasteiger partial charge is 0.345 e. The first-order chi connectivity index (χ1) is 8.88. The molecule has 0 saturated heterocycles. The van der Waals surface area contributed by atoms with Gasteiger partial charge in [0, 0.05) is 6.54 Å². The van der Waals surface area contributed by atoms with Crippen molar-refractivity contribution in [1.29, 1.82) is 0 Å². The van der Waals surface area contributed by atoms with Gasteiger partial charge in [-0.3, -0.25) is 0 Å². The van der Waals surface area contributed by atoms with Crippen molar-refractivity contribution >= 4 is 27.3 Å². The highest BCUT2D eigenvalue weighted by Crippen LogP contribution is 2.26. The Hall–Kier alpha value is -0.960. The molecule has 106 valence electrons. The molecule has 0 radical (unpaired) electrons. The third kappa shape index (κ3) is 3.53. The summed E-state index contributed by atoms with van der Waals surface area (Å²) in [4.78, 5) is 10.7. The molecule has 3 N–H and O–H groups in total. The number of aromatic carboxylic acids is 1. The highest BCUT2D eigenvalue weighted by Gasteiger charge is 2.25. The molecule has 1 aliphatic carbocycles. The van der Waals surface area contributed by atoms with E-state index in [-0.39, 0.29) is 27.7 Å². The number of hydrogen-bond donors (Lipinski definition) is 3. The molecule has 1 aromatic heterocycles. The first-order valence-corrected chi connectivity index (χ1v) is 8.19. The summed E-state index contributed by atoms with van der Waals surface area (Å²) in [6.07, 6.45) is 1.77. The number of carboxylic acid groups (broad SMARTS) is 1. The Bertz CT molecular complexity index is 565. The van der Waals surface area contributed by atoms with Crippen LogP contribution in [0.2, 0.25) is 0 Å². The average Bonchev–Trinajstić information content (AvgIpc) is 2.95. The number of carboxylic acids is 1. The van der Waals surface area contributed by atoms with E-state index >= 15 is 0 Å². The molecule has 19 heavy (non-hydrogen) atoms. The van der Waals surface area contributed by atoms with Gasteiger partial charge in [-0.25, -0.2) is 17.9 Å². The van der Waals surface area contributed by atoms with Crippen LogP contribution in [-0.4, -0.2) is 37.2 Å². The highest BCUT2D eigenvalue weighted by molar-refractivity contribution is 7.91. The largest absolute Gasteiger partial charge is 0.477 e. The Morgan fingerprint density at radius 1 is 1.42 bits per heavy atom. The lowest BCUT2D eigenvalue weighted by atomic mass is 10.1. The summed E-state index contributed by atoms with van der Waals surface area (Å²) in [5, 5.41) is 18.1. The van der Waals surface area contributed by atoms with Gasteiger partial charge in [0.05, 0.1) is 6.10 Å². The Labute approximate surface area is 115 Å². The van der Waals surface area contributed by atoms with Gasteiger partial charge in [0.25, 0.3) is 0 Å². The van der Waals surface area contributed by atoms with Crippen LogP contribution in [0.4, 0.5) is 0 Å². The molecule has 1 aromatic rings. The third-order valence-electron chi connectivity index (χ3n) is 3.13. The molecule has 8 heteroatoms. The molecule has 6 nitrogen and oxygen atoms in total. The number of aliphatic hydroxyl groups excluding tert-OH is 1. The third-order valence-corrected chi connectivity index (χ3v) is 6.12. The van der Waals surface area contributed by atoms with Gasteiger partial charge in [-0.1, -0.05) is 0 Å². The quantitative estimate of drug-likeness (QED) is 0.749. The zero-order valence-corrected chi connectivity index (χ0v) is 11.7. The number of rotatable bonds is 5. The maximum absolute atomic E-state index is 12.0. The zero-order valence-electron chi connectivity index (χ0n) is 10.1. The van der Waals surface area contributed by atoms with E-state index in [1.165, 1.54) is 12.1 Å². The second-order valence-electron chi connectivity index (χ2n) is 4.61. The van der Waals surface area contributed by atoms with Gasteiger partial charge in [-0.05, 0) is 37.3 Å². The van der Waals surface area contributed by atoms with Crippen molar-refractivity contribution in [2.24, 2.45) is 5.92 Å². The van der Waals surface area contributed by atoms with Gasteiger partial charge in [0.1, 0.15) is 9.09 Å². The zero-order chi connectivity index (χ0) is 14.0. The number of carbonyl (C=O) groups is 1. The van der Waals surface area contributed by atoms with E-state index in [0.717, 1.165) is 17.8 Å². The molecule has 2 unspecified atom stereocenters. The van der Waals surface area contributed by atoms with Crippen LogP contribution >= 0.6 is 11.3 Å². The number of hydrogen-bond acceptors (Lipinski definition) is 5. The Morgan fingerprint density at radius 3 is 2.68 bits per heavy atom. The van der Waals surface area contributed by atoms with E-state index in [9.17, 15) is 18.3 Å². The van der Waals surface area contributed by atoms with Crippen molar-refractivity contribution < 1.29 is 23.4 Å².